The number of nitrogens with one attached hydrogen (secondary N) is 1. The molecule has 0 saturated heterocycles. The van der Waals surface area contributed by atoms with Crippen LogP contribution in [0, 0.1) is 12.7 Å². The lowest BCUT2D eigenvalue weighted by atomic mass is 10.1. The molecule has 3 aromatic rings. The van der Waals surface area contributed by atoms with E-state index in [4.69, 9.17) is 11.5 Å². The standard InChI is InChI=1S/C16H14FN5O/c1-8-2-3-9(11(17)6-8)14-10(15(18)23)7-13(21-14)12-4-5-20-16(19)22-12/h2-7,21H,1H3,(H2,18,23)(H2,19,20,22). The Bertz CT molecular complexity index is 903. The number of aromatic amines is 1. The van der Waals surface area contributed by atoms with Crippen molar-refractivity contribution >= 4 is 11.9 Å². The zero-order valence-corrected chi connectivity index (χ0v) is 12.3. The maximum Gasteiger partial charge on any atom is 0.250 e. The van der Waals surface area contributed by atoms with Crippen molar-refractivity contribution in [3.63, 3.8) is 0 Å². The van der Waals surface area contributed by atoms with Crippen molar-refractivity contribution in [2.75, 3.05) is 5.73 Å². The highest BCUT2D eigenvalue weighted by Crippen LogP contribution is 2.30. The van der Waals surface area contributed by atoms with Crippen molar-refractivity contribution in [3.05, 3.63) is 53.5 Å². The molecule has 0 bridgehead atoms. The Morgan fingerprint density at radius 2 is 2.04 bits per heavy atom. The maximum atomic E-state index is 14.2. The molecular weight excluding hydrogens is 297 g/mol. The fourth-order valence-corrected chi connectivity index (χ4v) is 2.35. The van der Waals surface area contributed by atoms with Gasteiger partial charge in [-0.2, -0.15) is 0 Å². The van der Waals surface area contributed by atoms with Crippen LogP contribution in [0.1, 0.15) is 15.9 Å². The van der Waals surface area contributed by atoms with Gasteiger partial charge < -0.3 is 16.5 Å². The van der Waals surface area contributed by atoms with E-state index in [-0.39, 0.29) is 17.1 Å². The molecule has 0 radical (unpaired) electrons. The third kappa shape index (κ3) is 2.76. The lowest BCUT2D eigenvalue weighted by Gasteiger charge is -2.04. The van der Waals surface area contributed by atoms with Crippen molar-refractivity contribution in [3.8, 4) is 22.6 Å². The normalized spacial score (nSPS) is 10.7. The molecule has 0 saturated carbocycles. The van der Waals surface area contributed by atoms with Crippen molar-refractivity contribution in [2.24, 2.45) is 5.73 Å². The number of nitrogen functional groups attached to an aromatic ring is 1. The highest BCUT2D eigenvalue weighted by atomic mass is 19.1. The number of aryl methyl sites for hydroxylation is 1. The minimum atomic E-state index is -0.662. The highest BCUT2D eigenvalue weighted by Gasteiger charge is 2.18. The number of primary amides is 1. The second-order valence-corrected chi connectivity index (χ2v) is 5.12. The second kappa shape index (κ2) is 5.53. The molecule has 0 unspecified atom stereocenters. The van der Waals surface area contributed by atoms with Crippen LogP contribution in [0.4, 0.5) is 10.3 Å². The van der Waals surface area contributed by atoms with Crippen LogP contribution < -0.4 is 11.5 Å². The van der Waals surface area contributed by atoms with E-state index in [0.29, 0.717) is 17.1 Å². The molecular formula is C16H14FN5O. The Balaban J connectivity index is 2.19. The molecule has 0 aliphatic heterocycles. The summed E-state index contributed by atoms with van der Waals surface area (Å²) in [6, 6.07) is 7.90. The average molecular weight is 311 g/mol. The molecule has 0 atom stereocenters. The zero-order valence-electron chi connectivity index (χ0n) is 12.3. The Kier molecular flexibility index (Phi) is 3.53. The lowest BCUT2D eigenvalue weighted by Crippen LogP contribution is -2.11. The number of carbonyl (C=O) groups excluding carboxylic acids is 1. The number of nitrogens with two attached hydrogens (primary N) is 2. The number of hydrogen-bond donors (Lipinski definition) is 3. The van der Waals surface area contributed by atoms with Gasteiger partial charge in [0.15, 0.2) is 0 Å². The summed E-state index contributed by atoms with van der Waals surface area (Å²) in [4.78, 5) is 22.6. The topological polar surface area (TPSA) is 111 Å². The summed E-state index contributed by atoms with van der Waals surface area (Å²) in [5.74, 6) is -1.01. The molecule has 7 heteroatoms. The van der Waals surface area contributed by atoms with Crippen molar-refractivity contribution in [1.29, 1.82) is 0 Å². The summed E-state index contributed by atoms with van der Waals surface area (Å²) in [6.07, 6.45) is 1.49. The number of amides is 1. The van der Waals surface area contributed by atoms with E-state index in [0.717, 1.165) is 5.56 Å². The first-order valence-electron chi connectivity index (χ1n) is 6.84. The minimum absolute atomic E-state index is 0.0980. The van der Waals surface area contributed by atoms with E-state index in [1.807, 2.05) is 0 Å². The predicted molar refractivity (Wildman–Crippen MR) is 84.9 cm³/mol. The van der Waals surface area contributed by atoms with E-state index in [9.17, 15) is 9.18 Å². The van der Waals surface area contributed by atoms with Gasteiger partial charge in [-0.3, -0.25) is 4.79 Å². The molecule has 0 aliphatic rings. The Labute approximate surface area is 131 Å². The van der Waals surface area contributed by atoms with Crippen LogP contribution in [0.25, 0.3) is 22.6 Å². The molecule has 1 aromatic carbocycles. The second-order valence-electron chi connectivity index (χ2n) is 5.12. The Hall–Kier alpha value is -3.22. The van der Waals surface area contributed by atoms with Gasteiger partial charge in [0, 0.05) is 11.8 Å². The smallest absolute Gasteiger partial charge is 0.250 e. The summed E-state index contributed by atoms with van der Waals surface area (Å²) in [6.45, 7) is 1.78. The monoisotopic (exact) mass is 311 g/mol. The Morgan fingerprint density at radius 1 is 1.26 bits per heavy atom. The molecule has 1 amide bonds. The largest absolute Gasteiger partial charge is 0.368 e. The van der Waals surface area contributed by atoms with E-state index < -0.39 is 11.7 Å². The summed E-state index contributed by atoms with van der Waals surface area (Å²) in [5, 5.41) is 0. The summed E-state index contributed by atoms with van der Waals surface area (Å²) >= 11 is 0. The van der Waals surface area contributed by atoms with Crippen LogP contribution >= 0.6 is 0 Å². The molecule has 5 N–H and O–H groups in total. The van der Waals surface area contributed by atoms with Crippen LogP contribution in [0.2, 0.25) is 0 Å². The molecule has 3 rings (SSSR count). The van der Waals surface area contributed by atoms with Gasteiger partial charge in [0.2, 0.25) is 5.95 Å². The number of rotatable bonds is 3. The third-order valence-corrected chi connectivity index (χ3v) is 3.43. The van der Waals surface area contributed by atoms with Gasteiger partial charge in [-0.25, -0.2) is 14.4 Å². The number of aromatic nitrogens is 3. The highest BCUT2D eigenvalue weighted by molar-refractivity contribution is 6.00. The molecule has 0 fully saturated rings. The van der Waals surface area contributed by atoms with E-state index >= 15 is 0 Å². The number of anilines is 1. The molecule has 0 aliphatic carbocycles. The molecule has 116 valence electrons. The average Bonchev–Trinajstić information content (AvgIpc) is 2.92. The van der Waals surface area contributed by atoms with Crippen LogP contribution in [0.15, 0.2) is 36.5 Å². The van der Waals surface area contributed by atoms with Crippen LogP contribution in [-0.4, -0.2) is 20.9 Å². The maximum absolute atomic E-state index is 14.2. The molecule has 6 nitrogen and oxygen atoms in total. The SMILES string of the molecule is Cc1ccc(-c2[nH]c(-c3ccnc(N)n3)cc2C(N)=O)c(F)c1. The summed E-state index contributed by atoms with van der Waals surface area (Å²) in [5.41, 5.74) is 13.5. The van der Waals surface area contributed by atoms with Crippen LogP contribution in [0.5, 0.6) is 0 Å². The number of benzene rings is 1. The van der Waals surface area contributed by atoms with Crippen molar-refractivity contribution in [2.45, 2.75) is 6.92 Å². The number of halogens is 1. The summed E-state index contributed by atoms with van der Waals surface area (Å²) in [7, 11) is 0. The molecule has 23 heavy (non-hydrogen) atoms. The fourth-order valence-electron chi connectivity index (χ4n) is 2.35. The van der Waals surface area contributed by atoms with Gasteiger partial charge in [0.1, 0.15) is 5.82 Å². The van der Waals surface area contributed by atoms with Gasteiger partial charge >= 0.3 is 0 Å². The number of nitrogens with zero attached hydrogens (tertiary/aromatic N) is 2. The van der Waals surface area contributed by atoms with Crippen molar-refractivity contribution < 1.29 is 9.18 Å². The molecule has 0 spiro atoms. The van der Waals surface area contributed by atoms with Crippen molar-refractivity contribution in [1.82, 2.24) is 15.0 Å². The minimum Gasteiger partial charge on any atom is -0.368 e. The quantitative estimate of drug-likeness (QED) is 0.689. The van der Waals surface area contributed by atoms with Gasteiger partial charge in [0.05, 0.1) is 22.6 Å². The molecule has 2 aromatic heterocycles. The number of carbonyl (C=O) groups is 1. The van der Waals surface area contributed by atoms with Gasteiger partial charge in [-0.15, -0.1) is 0 Å². The number of hydrogen-bond acceptors (Lipinski definition) is 4. The first-order chi connectivity index (χ1) is 11.0. The Morgan fingerprint density at radius 3 is 2.70 bits per heavy atom. The van der Waals surface area contributed by atoms with E-state index in [2.05, 4.69) is 15.0 Å². The third-order valence-electron chi connectivity index (χ3n) is 3.43. The van der Waals surface area contributed by atoms with Crippen LogP contribution in [0.3, 0.4) is 0 Å². The fraction of sp³-hybridized carbons (Fsp3) is 0.0625. The van der Waals surface area contributed by atoms with Gasteiger partial charge in [0.25, 0.3) is 5.91 Å². The first kappa shape index (κ1) is 14.7. The van der Waals surface area contributed by atoms with E-state index in [1.165, 1.54) is 18.3 Å². The van der Waals surface area contributed by atoms with Crippen LogP contribution in [-0.2, 0) is 0 Å². The first-order valence-corrected chi connectivity index (χ1v) is 6.84. The zero-order chi connectivity index (χ0) is 16.6. The van der Waals surface area contributed by atoms with Gasteiger partial charge in [-0.1, -0.05) is 6.07 Å². The summed E-state index contributed by atoms with van der Waals surface area (Å²) < 4.78 is 14.2. The van der Waals surface area contributed by atoms with E-state index in [1.54, 1.807) is 25.1 Å². The predicted octanol–water partition coefficient (Wildman–Crippen LogP) is 2.27. The number of H-pyrrole nitrogens is 1. The molecule has 2 heterocycles. The van der Waals surface area contributed by atoms with Gasteiger partial charge in [-0.05, 0) is 36.8 Å². The lowest BCUT2D eigenvalue weighted by molar-refractivity contribution is 0.100.